The van der Waals surface area contributed by atoms with E-state index in [0.29, 0.717) is 12.2 Å². The minimum atomic E-state index is -0.409. The Kier molecular flexibility index (Phi) is 6.38. The highest BCUT2D eigenvalue weighted by Crippen LogP contribution is 2.00. The first-order valence-corrected chi connectivity index (χ1v) is 4.23. The number of unbranched alkanes of at least 4 members (excludes halogenated alkanes) is 1. The first kappa shape index (κ1) is 11.2. The van der Waals surface area contributed by atoms with E-state index in [1.54, 1.807) is 13.0 Å². The summed E-state index contributed by atoms with van der Waals surface area (Å²) in [6.07, 6.45) is 3.48. The van der Waals surface area contributed by atoms with Crippen LogP contribution in [0.3, 0.4) is 0 Å². The van der Waals surface area contributed by atoms with Crippen LogP contribution in [0.4, 0.5) is 0 Å². The molecule has 0 atom stereocenters. The fourth-order valence-corrected chi connectivity index (χ4v) is 0.755. The molecule has 12 heavy (non-hydrogen) atoms. The lowest BCUT2D eigenvalue weighted by Gasteiger charge is -2.02. The van der Waals surface area contributed by atoms with Gasteiger partial charge in [-0.1, -0.05) is 19.4 Å². The van der Waals surface area contributed by atoms with Crippen LogP contribution < -0.4 is 0 Å². The molecular formula is C9H16O3. The van der Waals surface area contributed by atoms with Gasteiger partial charge < -0.3 is 9.84 Å². The molecular weight excluding hydrogens is 156 g/mol. The Balaban J connectivity index is 4.04. The number of carbonyl (C=O) groups excluding carboxylic acids is 1. The van der Waals surface area contributed by atoms with Gasteiger partial charge in [-0.3, -0.25) is 0 Å². The van der Waals surface area contributed by atoms with Crippen molar-refractivity contribution < 1.29 is 14.6 Å². The van der Waals surface area contributed by atoms with E-state index in [0.717, 1.165) is 12.8 Å². The van der Waals surface area contributed by atoms with Gasteiger partial charge in [-0.15, -0.1) is 0 Å². The van der Waals surface area contributed by atoms with Gasteiger partial charge in [0.1, 0.15) is 0 Å². The molecule has 0 fully saturated rings. The summed E-state index contributed by atoms with van der Waals surface area (Å²) in [5.74, 6) is -0.409. The minimum Gasteiger partial charge on any atom is -0.463 e. The van der Waals surface area contributed by atoms with E-state index in [-0.39, 0.29) is 6.61 Å². The Labute approximate surface area is 73.0 Å². The summed E-state index contributed by atoms with van der Waals surface area (Å²) < 4.78 is 4.72. The summed E-state index contributed by atoms with van der Waals surface area (Å²) in [5, 5.41) is 8.78. The van der Waals surface area contributed by atoms with Crippen LogP contribution in [0, 0.1) is 0 Å². The van der Waals surface area contributed by atoms with E-state index in [9.17, 15) is 4.79 Å². The van der Waals surface area contributed by atoms with E-state index in [1.165, 1.54) is 0 Å². The highest BCUT2D eigenvalue weighted by atomic mass is 16.5. The standard InChI is InChI=1S/C9H16O3/c1-3-5-6-8(7-10)9(11)12-4-2/h6,10H,3-5,7H2,1-2H3. The van der Waals surface area contributed by atoms with Crippen LogP contribution in [0.1, 0.15) is 26.7 Å². The van der Waals surface area contributed by atoms with Crippen molar-refractivity contribution >= 4 is 5.97 Å². The third kappa shape index (κ3) is 4.13. The van der Waals surface area contributed by atoms with Crippen molar-refractivity contribution in [3.05, 3.63) is 11.6 Å². The highest BCUT2D eigenvalue weighted by molar-refractivity contribution is 5.88. The lowest BCUT2D eigenvalue weighted by Crippen LogP contribution is -2.10. The fourth-order valence-electron chi connectivity index (χ4n) is 0.755. The molecule has 0 bridgehead atoms. The Bertz CT molecular complexity index is 161. The lowest BCUT2D eigenvalue weighted by molar-refractivity contribution is -0.139. The lowest BCUT2D eigenvalue weighted by atomic mass is 10.2. The number of rotatable bonds is 5. The first-order chi connectivity index (χ1) is 5.76. The molecule has 0 unspecified atom stereocenters. The number of ether oxygens (including phenoxy) is 1. The fraction of sp³-hybridized carbons (Fsp3) is 0.667. The zero-order valence-electron chi connectivity index (χ0n) is 7.67. The SMILES string of the molecule is CCCC=C(CO)C(=O)OCC. The monoisotopic (exact) mass is 172 g/mol. The highest BCUT2D eigenvalue weighted by Gasteiger charge is 2.07. The molecule has 0 aliphatic heterocycles. The summed E-state index contributed by atoms with van der Waals surface area (Å²) in [6, 6.07) is 0. The normalized spacial score (nSPS) is 11.4. The molecule has 0 aromatic heterocycles. The van der Waals surface area contributed by atoms with Gasteiger partial charge in [-0.25, -0.2) is 4.79 Å². The van der Waals surface area contributed by atoms with E-state index < -0.39 is 5.97 Å². The zero-order valence-corrected chi connectivity index (χ0v) is 7.67. The molecule has 0 saturated carbocycles. The van der Waals surface area contributed by atoms with Gasteiger partial charge in [-0.2, -0.15) is 0 Å². The first-order valence-electron chi connectivity index (χ1n) is 4.23. The third-order valence-corrected chi connectivity index (χ3v) is 1.39. The Morgan fingerprint density at radius 1 is 1.50 bits per heavy atom. The van der Waals surface area contributed by atoms with Crippen molar-refractivity contribution in [2.24, 2.45) is 0 Å². The summed E-state index contributed by atoms with van der Waals surface area (Å²) in [7, 11) is 0. The van der Waals surface area contributed by atoms with Crippen molar-refractivity contribution in [3.8, 4) is 0 Å². The molecule has 0 aliphatic rings. The third-order valence-electron chi connectivity index (χ3n) is 1.39. The van der Waals surface area contributed by atoms with Crippen molar-refractivity contribution in [2.75, 3.05) is 13.2 Å². The number of aliphatic hydroxyl groups is 1. The smallest absolute Gasteiger partial charge is 0.336 e. The molecule has 1 N–H and O–H groups in total. The van der Waals surface area contributed by atoms with Crippen molar-refractivity contribution in [1.29, 1.82) is 0 Å². The molecule has 3 heteroatoms. The van der Waals surface area contributed by atoms with E-state index >= 15 is 0 Å². The van der Waals surface area contributed by atoms with Gasteiger partial charge in [0.05, 0.1) is 18.8 Å². The Morgan fingerprint density at radius 2 is 2.17 bits per heavy atom. The number of carbonyl (C=O) groups is 1. The zero-order chi connectivity index (χ0) is 9.40. The Hall–Kier alpha value is -0.830. The molecule has 0 heterocycles. The van der Waals surface area contributed by atoms with Gasteiger partial charge in [0, 0.05) is 0 Å². The second-order valence-corrected chi connectivity index (χ2v) is 2.40. The van der Waals surface area contributed by atoms with Gasteiger partial charge in [0.25, 0.3) is 0 Å². The van der Waals surface area contributed by atoms with Crippen LogP contribution in [-0.2, 0) is 9.53 Å². The number of aliphatic hydroxyl groups excluding tert-OH is 1. The van der Waals surface area contributed by atoms with Gasteiger partial charge in [-0.05, 0) is 13.3 Å². The van der Waals surface area contributed by atoms with Crippen LogP contribution in [0.25, 0.3) is 0 Å². The molecule has 0 radical (unpaired) electrons. The van der Waals surface area contributed by atoms with Crippen LogP contribution in [0.15, 0.2) is 11.6 Å². The summed E-state index contributed by atoms with van der Waals surface area (Å²) in [5.41, 5.74) is 0.360. The minimum absolute atomic E-state index is 0.237. The van der Waals surface area contributed by atoms with Crippen molar-refractivity contribution in [2.45, 2.75) is 26.7 Å². The molecule has 0 aliphatic carbocycles. The largest absolute Gasteiger partial charge is 0.463 e. The summed E-state index contributed by atoms with van der Waals surface area (Å²) >= 11 is 0. The van der Waals surface area contributed by atoms with Gasteiger partial charge in [0.15, 0.2) is 0 Å². The predicted octanol–water partition coefficient (Wildman–Crippen LogP) is 1.27. The number of hydrogen-bond acceptors (Lipinski definition) is 3. The van der Waals surface area contributed by atoms with E-state index in [1.807, 2.05) is 6.92 Å². The molecule has 0 saturated heterocycles. The topological polar surface area (TPSA) is 46.5 Å². The summed E-state index contributed by atoms with van der Waals surface area (Å²) in [4.78, 5) is 11.0. The molecule has 3 nitrogen and oxygen atoms in total. The summed E-state index contributed by atoms with van der Waals surface area (Å²) in [6.45, 7) is 3.87. The predicted molar refractivity (Wildman–Crippen MR) is 46.7 cm³/mol. The van der Waals surface area contributed by atoms with E-state index in [4.69, 9.17) is 9.84 Å². The Morgan fingerprint density at radius 3 is 2.58 bits per heavy atom. The van der Waals surface area contributed by atoms with Crippen LogP contribution >= 0.6 is 0 Å². The van der Waals surface area contributed by atoms with Crippen LogP contribution in [-0.4, -0.2) is 24.3 Å². The van der Waals surface area contributed by atoms with Gasteiger partial charge in [0.2, 0.25) is 0 Å². The second kappa shape index (κ2) is 6.85. The van der Waals surface area contributed by atoms with Crippen molar-refractivity contribution in [3.63, 3.8) is 0 Å². The molecule has 0 aromatic carbocycles. The molecule has 0 rings (SSSR count). The van der Waals surface area contributed by atoms with Crippen LogP contribution in [0.5, 0.6) is 0 Å². The average molecular weight is 172 g/mol. The molecule has 0 aromatic rings. The maximum absolute atomic E-state index is 11.0. The molecule has 70 valence electrons. The number of allylic oxidation sites excluding steroid dienone is 1. The number of esters is 1. The second-order valence-electron chi connectivity index (χ2n) is 2.40. The van der Waals surface area contributed by atoms with Gasteiger partial charge >= 0.3 is 5.97 Å². The molecule has 0 spiro atoms. The number of hydrogen-bond donors (Lipinski definition) is 1. The van der Waals surface area contributed by atoms with Crippen molar-refractivity contribution in [1.82, 2.24) is 0 Å². The molecule has 0 amide bonds. The van der Waals surface area contributed by atoms with Crippen LogP contribution in [0.2, 0.25) is 0 Å². The maximum atomic E-state index is 11.0. The quantitative estimate of drug-likeness (QED) is 0.501. The van der Waals surface area contributed by atoms with E-state index in [2.05, 4.69) is 0 Å². The average Bonchev–Trinajstić information content (AvgIpc) is 2.06. The maximum Gasteiger partial charge on any atom is 0.336 e.